The molecule has 3 aromatic rings. The molecule has 0 bridgehead atoms. The van der Waals surface area contributed by atoms with Crippen LogP contribution in [0, 0.1) is 5.92 Å². The van der Waals surface area contributed by atoms with E-state index in [4.69, 9.17) is 15.2 Å². The zero-order valence-corrected chi connectivity index (χ0v) is 36.6. The van der Waals surface area contributed by atoms with Gasteiger partial charge in [0.25, 0.3) is 17.7 Å². The summed E-state index contributed by atoms with van der Waals surface area (Å²) in [6.07, 6.45) is 3.66. The number of nitrogens with zero attached hydrogens (tertiary/aromatic N) is 3. The van der Waals surface area contributed by atoms with Gasteiger partial charge >= 0.3 is 5.97 Å². The van der Waals surface area contributed by atoms with Crippen molar-refractivity contribution in [3.05, 3.63) is 108 Å². The fourth-order valence-corrected chi connectivity index (χ4v) is 7.97. The number of aromatic nitrogens is 1. The number of carboxylic acid groups (broad SMARTS) is 1. The Labute approximate surface area is 386 Å². The molecule has 6 atom stereocenters. The fraction of sp³-hybridized carbons (Fsp3) is 0.404. The van der Waals surface area contributed by atoms with Gasteiger partial charge in [0.15, 0.2) is 25.0 Å². The zero-order valence-electron chi connectivity index (χ0n) is 36.6. The van der Waals surface area contributed by atoms with Crippen LogP contribution in [0.5, 0.6) is 5.75 Å². The standard InChI is InChI=1S/C47H55N7O13/c48-26-34(54-38(57)15-16-39(54)58)44(62)50-21-17-37(56)51-33-25-31(11-13-35(33)66-47-42(61)40(59)41(60)43(67-47)46(64)65)28-52-22-6-8-30(27-52)12-14-36(55)49-20-5-4-7-29-18-23-53(24-19-29)45(63)32-9-2-1-3-10-32/h1-3,6,8-16,22,25,27,29,34,40-43,47,59-61H,4-5,7,17-21,23-24,26,28,48H2,(H3-,49,50,51,55,56,62,64,65)/p+1/b14-12+/t34?,40-,41-,42+,43-,47+/m0/s1. The number of unbranched alkanes of at least 4 members (excludes halogenated alkanes) is 1. The third-order valence-electron chi connectivity index (χ3n) is 11.6. The van der Waals surface area contributed by atoms with Crippen molar-refractivity contribution in [1.82, 2.24) is 20.4 Å². The van der Waals surface area contributed by atoms with Gasteiger partial charge in [-0.15, -0.1) is 0 Å². The number of likely N-dealkylation sites (tertiary alicyclic amines) is 1. The smallest absolute Gasteiger partial charge is 0.335 e. The normalized spacial score (nSPS) is 21.3. The van der Waals surface area contributed by atoms with Crippen molar-refractivity contribution in [3.63, 3.8) is 0 Å². The third-order valence-corrected chi connectivity index (χ3v) is 11.6. The molecule has 2 aromatic carbocycles. The van der Waals surface area contributed by atoms with Gasteiger partial charge in [-0.05, 0) is 67.7 Å². The number of pyridine rings is 1. The quantitative estimate of drug-likeness (QED) is 0.0317. The number of amides is 6. The molecule has 6 rings (SSSR count). The first-order chi connectivity index (χ1) is 32.2. The second kappa shape index (κ2) is 23.6. The third kappa shape index (κ3) is 13.4. The van der Waals surface area contributed by atoms with Gasteiger partial charge in [-0.1, -0.05) is 31.0 Å². The molecule has 0 radical (unpaired) electrons. The number of hydrogen-bond donors (Lipinski definition) is 8. The summed E-state index contributed by atoms with van der Waals surface area (Å²) in [5, 5.41) is 48.7. The molecule has 9 N–H and O–H groups in total. The molecule has 0 spiro atoms. The number of carbonyl (C=O) groups is 7. The Morgan fingerprint density at radius 2 is 1.63 bits per heavy atom. The fourth-order valence-electron chi connectivity index (χ4n) is 7.97. The summed E-state index contributed by atoms with van der Waals surface area (Å²) >= 11 is 0. The second-order valence-electron chi connectivity index (χ2n) is 16.4. The molecule has 4 heterocycles. The monoisotopic (exact) mass is 926 g/mol. The minimum Gasteiger partial charge on any atom is -0.479 e. The molecule has 20 heteroatoms. The molecule has 67 heavy (non-hydrogen) atoms. The largest absolute Gasteiger partial charge is 0.479 e. The van der Waals surface area contributed by atoms with Gasteiger partial charge in [0, 0.05) is 80.1 Å². The lowest BCUT2D eigenvalue weighted by molar-refractivity contribution is -0.688. The number of hydrogen-bond acceptors (Lipinski definition) is 13. The molecular formula is C47H56N7O13+. The predicted molar refractivity (Wildman–Crippen MR) is 238 cm³/mol. The van der Waals surface area contributed by atoms with Crippen molar-refractivity contribution >= 4 is 53.2 Å². The molecule has 0 aliphatic carbocycles. The SMILES string of the molecule is NCC(C(=O)NCCC(=O)Nc1cc(C[n+]2cccc(/C=C/C(=O)NCCCCC3CCN(C(=O)c4ccccc4)CC3)c2)ccc1O[C@@H]1O[C@H](C(=O)O)[C@@H](O)[C@H](O)[C@H]1O)N1C(=O)C=CC1=O. The van der Waals surface area contributed by atoms with Crippen LogP contribution in [-0.4, -0.2) is 141 Å². The van der Waals surface area contributed by atoms with E-state index in [0.29, 0.717) is 34.1 Å². The van der Waals surface area contributed by atoms with Crippen LogP contribution in [0.15, 0.2) is 91.3 Å². The lowest BCUT2D eigenvalue weighted by atomic mass is 9.91. The van der Waals surface area contributed by atoms with Crippen LogP contribution in [0.25, 0.3) is 6.08 Å². The minimum absolute atomic E-state index is 0.0327. The van der Waals surface area contributed by atoms with Crippen LogP contribution in [-0.2, 0) is 40.0 Å². The van der Waals surface area contributed by atoms with E-state index in [9.17, 15) is 54.0 Å². The zero-order chi connectivity index (χ0) is 48.0. The maximum absolute atomic E-state index is 13.3. The van der Waals surface area contributed by atoms with Crippen molar-refractivity contribution < 1.29 is 68.0 Å². The Hall–Kier alpha value is -6.84. The van der Waals surface area contributed by atoms with Crippen molar-refractivity contribution in [3.8, 4) is 5.75 Å². The predicted octanol–water partition coefficient (Wildman–Crippen LogP) is -0.157. The molecule has 356 valence electrons. The highest BCUT2D eigenvalue weighted by molar-refractivity contribution is 6.15. The number of carboxylic acids is 1. The number of aliphatic hydroxyl groups excluding tert-OH is 3. The number of rotatable bonds is 20. The molecule has 2 saturated heterocycles. The van der Waals surface area contributed by atoms with E-state index in [2.05, 4.69) is 16.0 Å². The average Bonchev–Trinajstić information content (AvgIpc) is 3.65. The Balaban J connectivity index is 1.02. The summed E-state index contributed by atoms with van der Waals surface area (Å²) in [5.41, 5.74) is 7.76. The van der Waals surface area contributed by atoms with Crippen molar-refractivity contribution in [2.45, 2.75) is 81.8 Å². The molecule has 1 unspecified atom stereocenters. The summed E-state index contributed by atoms with van der Waals surface area (Å²) in [6.45, 7) is 1.68. The van der Waals surface area contributed by atoms with E-state index >= 15 is 0 Å². The van der Waals surface area contributed by atoms with Crippen LogP contribution in [0.1, 0.15) is 60.0 Å². The number of aliphatic carboxylic acids is 1. The molecule has 3 aliphatic heterocycles. The first kappa shape index (κ1) is 49.6. The number of aliphatic hydroxyl groups is 3. The van der Waals surface area contributed by atoms with E-state index < -0.39 is 66.3 Å². The summed E-state index contributed by atoms with van der Waals surface area (Å²) < 4.78 is 12.9. The molecule has 1 aromatic heterocycles. The maximum atomic E-state index is 13.3. The van der Waals surface area contributed by atoms with Crippen molar-refractivity contribution in [2.24, 2.45) is 11.7 Å². The molecule has 3 aliphatic rings. The average molecular weight is 927 g/mol. The van der Waals surface area contributed by atoms with Gasteiger partial charge < -0.3 is 56.5 Å². The van der Waals surface area contributed by atoms with Crippen LogP contribution in [0.4, 0.5) is 5.69 Å². The van der Waals surface area contributed by atoms with Crippen LogP contribution >= 0.6 is 0 Å². The lowest BCUT2D eigenvalue weighted by Gasteiger charge is -2.38. The topological polar surface area (TPSA) is 291 Å². The number of nitrogens with two attached hydrogens (primary N) is 1. The highest BCUT2D eigenvalue weighted by Crippen LogP contribution is 2.31. The second-order valence-corrected chi connectivity index (χ2v) is 16.4. The number of carbonyl (C=O) groups excluding carboxylic acids is 6. The van der Waals surface area contributed by atoms with Crippen LogP contribution in [0.3, 0.4) is 0 Å². The summed E-state index contributed by atoms with van der Waals surface area (Å²) in [6, 6.07) is 16.2. The molecule has 0 saturated carbocycles. The molecule has 6 amide bonds. The van der Waals surface area contributed by atoms with Gasteiger partial charge in [0.05, 0.1) is 5.69 Å². The number of imide groups is 1. The highest BCUT2D eigenvalue weighted by atomic mass is 16.7. The summed E-state index contributed by atoms with van der Waals surface area (Å²) in [7, 11) is 0. The Bertz CT molecular complexity index is 2320. The Morgan fingerprint density at radius 3 is 2.33 bits per heavy atom. The lowest BCUT2D eigenvalue weighted by Crippen LogP contribution is -2.61. The van der Waals surface area contributed by atoms with E-state index in [1.165, 1.54) is 12.1 Å². The van der Waals surface area contributed by atoms with Gasteiger partial charge in [-0.25, -0.2) is 9.36 Å². The Morgan fingerprint density at radius 1 is 0.896 bits per heavy atom. The van der Waals surface area contributed by atoms with Crippen LogP contribution < -0.4 is 31.0 Å². The van der Waals surface area contributed by atoms with Crippen molar-refractivity contribution in [1.29, 1.82) is 0 Å². The molecule has 20 nitrogen and oxygen atoms in total. The van der Waals surface area contributed by atoms with E-state index in [0.717, 1.165) is 57.3 Å². The van der Waals surface area contributed by atoms with Gasteiger partial charge in [-0.3, -0.25) is 33.7 Å². The van der Waals surface area contributed by atoms with Gasteiger partial charge in [0.1, 0.15) is 30.1 Å². The first-order valence-corrected chi connectivity index (χ1v) is 22.1. The van der Waals surface area contributed by atoms with E-state index in [-0.39, 0.29) is 49.3 Å². The first-order valence-electron chi connectivity index (χ1n) is 22.1. The summed E-state index contributed by atoms with van der Waals surface area (Å²) in [4.78, 5) is 90.1. The van der Waals surface area contributed by atoms with E-state index in [1.807, 2.05) is 45.9 Å². The maximum Gasteiger partial charge on any atom is 0.335 e. The number of benzene rings is 2. The minimum atomic E-state index is -1.96. The summed E-state index contributed by atoms with van der Waals surface area (Å²) in [5.74, 6) is -4.14. The van der Waals surface area contributed by atoms with Crippen LogP contribution in [0.2, 0.25) is 0 Å². The molecular weight excluding hydrogens is 871 g/mol. The molecule has 2 fully saturated rings. The van der Waals surface area contributed by atoms with Crippen molar-refractivity contribution in [2.75, 3.05) is 38.0 Å². The van der Waals surface area contributed by atoms with Gasteiger partial charge in [0.2, 0.25) is 24.0 Å². The number of piperidine rings is 1. The Kier molecular flexibility index (Phi) is 17.4. The highest BCUT2D eigenvalue weighted by Gasteiger charge is 2.48. The van der Waals surface area contributed by atoms with Gasteiger partial charge in [-0.2, -0.15) is 0 Å². The van der Waals surface area contributed by atoms with E-state index in [1.54, 1.807) is 36.7 Å². The number of ether oxygens (including phenoxy) is 2. The number of nitrogens with one attached hydrogen (secondary N) is 3. The number of anilines is 1.